The number of carboxylic acids is 1. The summed E-state index contributed by atoms with van der Waals surface area (Å²) >= 11 is 0. The van der Waals surface area contributed by atoms with Gasteiger partial charge in [0, 0.05) is 17.3 Å². The van der Waals surface area contributed by atoms with Crippen molar-refractivity contribution in [2.24, 2.45) is 0 Å². The van der Waals surface area contributed by atoms with E-state index in [1.165, 1.54) is 42.5 Å². The summed E-state index contributed by atoms with van der Waals surface area (Å²) < 4.78 is 0. The molecule has 0 saturated carbocycles. The van der Waals surface area contributed by atoms with Gasteiger partial charge in [-0.05, 0) is 66.4 Å². The predicted molar refractivity (Wildman–Crippen MR) is 140 cm³/mol. The number of nitrogens with one attached hydrogen (secondary N) is 2. The molecule has 0 aliphatic heterocycles. The number of aliphatic carboxylic acids is 1. The molecule has 0 bridgehead atoms. The Bertz CT molecular complexity index is 1550. The van der Waals surface area contributed by atoms with E-state index in [-0.39, 0.29) is 52.5 Å². The largest absolute Gasteiger partial charge is 0.508 e. The monoisotopic (exact) mass is 518 g/mol. The van der Waals surface area contributed by atoms with E-state index in [1.54, 1.807) is 18.2 Å². The lowest BCUT2D eigenvalue weighted by molar-refractivity contribution is -0.139. The van der Waals surface area contributed by atoms with Gasteiger partial charge in [0.1, 0.15) is 29.0 Å². The Kier molecular flexibility index (Phi) is 7.52. The molecule has 0 saturated heterocycles. The van der Waals surface area contributed by atoms with Gasteiger partial charge in [-0.25, -0.2) is 4.79 Å². The predicted octanol–water partition coefficient (Wildman–Crippen LogP) is 3.60. The molecule has 7 N–H and O–H groups in total. The molecule has 196 valence electrons. The van der Waals surface area contributed by atoms with Crippen LogP contribution in [-0.4, -0.2) is 55.9 Å². The second kappa shape index (κ2) is 11.0. The fraction of sp³-hybridized carbons (Fsp3) is 0.179. The molecule has 0 fully saturated rings. The number of hydrogen-bond donors (Lipinski definition) is 7. The molecule has 4 aromatic rings. The molecule has 10 nitrogen and oxygen atoms in total. The molecular formula is C28H26N2O8. The van der Waals surface area contributed by atoms with Crippen molar-refractivity contribution in [3.8, 4) is 23.0 Å². The van der Waals surface area contributed by atoms with Crippen molar-refractivity contribution >= 4 is 39.3 Å². The van der Waals surface area contributed by atoms with Crippen LogP contribution in [0, 0.1) is 0 Å². The minimum Gasteiger partial charge on any atom is -0.508 e. The first-order chi connectivity index (χ1) is 18.2. The Morgan fingerprint density at radius 1 is 0.684 bits per heavy atom. The van der Waals surface area contributed by atoms with Crippen molar-refractivity contribution in [1.82, 2.24) is 10.6 Å². The minimum atomic E-state index is -1.24. The first-order valence-electron chi connectivity index (χ1n) is 11.9. The lowest BCUT2D eigenvalue weighted by Gasteiger charge is -2.16. The van der Waals surface area contributed by atoms with Crippen LogP contribution < -0.4 is 10.6 Å². The Balaban J connectivity index is 1.36. The number of fused-ring (bicyclic) bond motifs is 2. The lowest BCUT2D eigenvalue weighted by Crippen LogP contribution is -2.41. The maximum absolute atomic E-state index is 12.9. The molecule has 38 heavy (non-hydrogen) atoms. The number of carbonyl (C=O) groups is 3. The fourth-order valence-corrected chi connectivity index (χ4v) is 4.35. The van der Waals surface area contributed by atoms with Crippen LogP contribution in [-0.2, 0) is 4.79 Å². The van der Waals surface area contributed by atoms with Crippen molar-refractivity contribution < 1.29 is 39.9 Å². The second-order valence-corrected chi connectivity index (χ2v) is 8.85. The zero-order valence-electron chi connectivity index (χ0n) is 20.1. The molecule has 0 spiro atoms. The van der Waals surface area contributed by atoms with E-state index in [1.807, 2.05) is 0 Å². The average molecular weight is 519 g/mol. The number of carboxylic acid groups (broad SMARTS) is 1. The van der Waals surface area contributed by atoms with Gasteiger partial charge in [0.2, 0.25) is 0 Å². The summed E-state index contributed by atoms with van der Waals surface area (Å²) in [4.78, 5) is 37.3. The number of unbranched alkanes of at least 4 members (excludes halogenated alkanes) is 1. The van der Waals surface area contributed by atoms with Crippen LogP contribution in [0.15, 0.2) is 60.7 Å². The van der Waals surface area contributed by atoms with Crippen LogP contribution in [0.3, 0.4) is 0 Å². The van der Waals surface area contributed by atoms with Gasteiger partial charge in [0.05, 0.1) is 11.1 Å². The van der Waals surface area contributed by atoms with Gasteiger partial charge in [-0.15, -0.1) is 0 Å². The highest BCUT2D eigenvalue weighted by Crippen LogP contribution is 2.32. The molecule has 4 aromatic carbocycles. The number of phenols is 4. The quantitative estimate of drug-likeness (QED) is 0.164. The van der Waals surface area contributed by atoms with Gasteiger partial charge in [-0.1, -0.05) is 24.3 Å². The molecule has 0 unspecified atom stereocenters. The van der Waals surface area contributed by atoms with Crippen molar-refractivity contribution in [2.75, 3.05) is 6.54 Å². The van der Waals surface area contributed by atoms with Crippen LogP contribution >= 0.6 is 0 Å². The van der Waals surface area contributed by atoms with E-state index in [0.29, 0.717) is 29.0 Å². The highest BCUT2D eigenvalue weighted by molar-refractivity contribution is 6.10. The Morgan fingerprint density at radius 3 is 1.74 bits per heavy atom. The van der Waals surface area contributed by atoms with Crippen LogP contribution in [0.4, 0.5) is 0 Å². The number of hydrogen-bond acceptors (Lipinski definition) is 7. The van der Waals surface area contributed by atoms with Crippen LogP contribution in [0.25, 0.3) is 21.5 Å². The Labute approximate surface area is 216 Å². The third-order valence-corrected chi connectivity index (χ3v) is 6.21. The number of phenolic OH excluding ortho intramolecular Hbond substituents is 4. The first-order valence-corrected chi connectivity index (χ1v) is 11.9. The standard InChI is InChI=1S/C28H26N2O8/c31-15-11-19-17(5-3-8-24(19)33)21(13-15)26(35)29-10-2-1-7-23(28(37)38)30-27(36)22-14-16(32)12-20-18(22)6-4-9-25(20)34/h3-6,8-9,11-14,23,31-34H,1-2,7,10H2,(H,29,35)(H,30,36)(H,37,38)/t23-/m0/s1. The zero-order valence-corrected chi connectivity index (χ0v) is 20.1. The van der Waals surface area contributed by atoms with Gasteiger partial charge >= 0.3 is 5.97 Å². The van der Waals surface area contributed by atoms with Crippen molar-refractivity contribution in [3.63, 3.8) is 0 Å². The van der Waals surface area contributed by atoms with Crippen molar-refractivity contribution in [1.29, 1.82) is 0 Å². The summed E-state index contributed by atoms with van der Waals surface area (Å²) in [5.41, 5.74) is 0.217. The molecule has 0 aliphatic rings. The number of aromatic hydroxyl groups is 4. The lowest BCUT2D eigenvalue weighted by atomic mass is 10.0. The fourth-order valence-electron chi connectivity index (χ4n) is 4.35. The topological polar surface area (TPSA) is 176 Å². The summed E-state index contributed by atoms with van der Waals surface area (Å²) in [5.74, 6) is -3.01. The van der Waals surface area contributed by atoms with E-state index in [2.05, 4.69) is 10.6 Å². The van der Waals surface area contributed by atoms with E-state index in [0.717, 1.165) is 0 Å². The highest BCUT2D eigenvalue weighted by Gasteiger charge is 2.22. The van der Waals surface area contributed by atoms with E-state index in [4.69, 9.17) is 0 Å². The maximum atomic E-state index is 12.9. The highest BCUT2D eigenvalue weighted by atomic mass is 16.4. The molecular weight excluding hydrogens is 492 g/mol. The van der Waals surface area contributed by atoms with E-state index in [9.17, 15) is 39.9 Å². The molecule has 0 aromatic heterocycles. The molecule has 0 aliphatic carbocycles. The Morgan fingerprint density at radius 2 is 1.21 bits per heavy atom. The van der Waals surface area contributed by atoms with Gasteiger partial charge in [0.25, 0.3) is 11.8 Å². The van der Waals surface area contributed by atoms with Gasteiger partial charge in [0.15, 0.2) is 0 Å². The first kappa shape index (κ1) is 26.1. The summed E-state index contributed by atoms with van der Waals surface area (Å²) in [6.07, 6.45) is 0.860. The average Bonchev–Trinajstić information content (AvgIpc) is 2.87. The summed E-state index contributed by atoms with van der Waals surface area (Å²) in [7, 11) is 0. The Hall–Kier alpha value is -4.99. The molecule has 2 amide bonds. The second-order valence-electron chi connectivity index (χ2n) is 8.85. The summed E-state index contributed by atoms with van der Waals surface area (Å²) in [5, 5.41) is 56.2. The van der Waals surface area contributed by atoms with Crippen LogP contribution in [0.5, 0.6) is 23.0 Å². The number of carbonyl (C=O) groups excluding carboxylic acids is 2. The van der Waals surface area contributed by atoms with Gasteiger partial charge in [-0.3, -0.25) is 9.59 Å². The zero-order chi connectivity index (χ0) is 27.4. The molecule has 0 heterocycles. The van der Waals surface area contributed by atoms with Gasteiger partial charge < -0.3 is 36.2 Å². The van der Waals surface area contributed by atoms with Crippen molar-refractivity contribution in [2.45, 2.75) is 25.3 Å². The molecule has 1 atom stereocenters. The number of benzene rings is 4. The molecule has 0 radical (unpaired) electrons. The molecule has 10 heteroatoms. The SMILES string of the molecule is O=C(NCCCC[C@H](NC(=O)c1cc(O)cc2c(O)cccc12)C(=O)O)c1cc(O)cc2c(O)cccc12. The normalized spacial score (nSPS) is 11.8. The van der Waals surface area contributed by atoms with Crippen LogP contribution in [0.1, 0.15) is 40.0 Å². The van der Waals surface area contributed by atoms with E-state index >= 15 is 0 Å². The van der Waals surface area contributed by atoms with Crippen LogP contribution in [0.2, 0.25) is 0 Å². The smallest absolute Gasteiger partial charge is 0.326 e. The summed E-state index contributed by atoms with van der Waals surface area (Å²) in [6, 6.07) is 13.2. The van der Waals surface area contributed by atoms with Gasteiger partial charge in [-0.2, -0.15) is 0 Å². The molecule has 4 rings (SSSR count). The maximum Gasteiger partial charge on any atom is 0.326 e. The third-order valence-electron chi connectivity index (χ3n) is 6.21. The number of rotatable bonds is 9. The number of amides is 2. The minimum absolute atomic E-state index is 0.0267. The van der Waals surface area contributed by atoms with Crippen molar-refractivity contribution in [3.05, 3.63) is 71.8 Å². The third kappa shape index (κ3) is 5.54. The summed E-state index contributed by atoms with van der Waals surface area (Å²) in [6.45, 7) is 0.214. The van der Waals surface area contributed by atoms with E-state index < -0.39 is 23.8 Å².